The number of imide groups is 1. The third-order valence-electron chi connectivity index (χ3n) is 4.63. The Labute approximate surface area is 166 Å². The molecule has 0 unspecified atom stereocenters. The number of rotatable bonds is 5. The molecular weight excluding hydrogens is 370 g/mol. The molecule has 7 nitrogen and oxygen atoms in total. The fraction of sp³-hybridized carbons (Fsp3) is 0.0909. The highest BCUT2D eigenvalue weighted by molar-refractivity contribution is 6.21. The molecule has 144 valence electrons. The van der Waals surface area contributed by atoms with E-state index in [1.807, 2.05) is 0 Å². The largest absolute Gasteiger partial charge is 0.496 e. The molecule has 0 spiro atoms. The molecule has 0 saturated heterocycles. The van der Waals surface area contributed by atoms with Crippen molar-refractivity contribution in [1.82, 2.24) is 9.88 Å². The predicted octanol–water partition coefficient (Wildman–Crippen LogP) is 3.14. The zero-order valence-electron chi connectivity index (χ0n) is 15.6. The maximum Gasteiger partial charge on any atom is 0.261 e. The van der Waals surface area contributed by atoms with Crippen LogP contribution < -0.4 is 10.1 Å². The van der Waals surface area contributed by atoms with E-state index in [1.54, 1.807) is 66.9 Å². The van der Waals surface area contributed by atoms with Crippen molar-refractivity contribution in [2.24, 2.45) is 0 Å². The van der Waals surface area contributed by atoms with Gasteiger partial charge in [0.15, 0.2) is 0 Å². The van der Waals surface area contributed by atoms with E-state index in [1.165, 1.54) is 12.0 Å². The van der Waals surface area contributed by atoms with E-state index in [0.29, 0.717) is 28.3 Å². The number of ether oxygens (including phenoxy) is 1. The van der Waals surface area contributed by atoms with Gasteiger partial charge in [-0.2, -0.15) is 0 Å². The molecule has 3 aromatic rings. The number of nitrogens with zero attached hydrogens (tertiary/aromatic N) is 2. The van der Waals surface area contributed by atoms with Gasteiger partial charge in [0, 0.05) is 6.20 Å². The van der Waals surface area contributed by atoms with Crippen LogP contribution in [0.2, 0.25) is 0 Å². The zero-order chi connectivity index (χ0) is 20.4. The Kier molecular flexibility index (Phi) is 4.78. The van der Waals surface area contributed by atoms with Crippen LogP contribution in [0.1, 0.15) is 36.6 Å². The number of amides is 3. The van der Waals surface area contributed by atoms with E-state index in [2.05, 4.69) is 10.3 Å². The normalized spacial score (nSPS) is 12.7. The van der Waals surface area contributed by atoms with Crippen LogP contribution in [0.4, 0.5) is 5.82 Å². The average molecular weight is 387 g/mol. The molecule has 0 bridgehead atoms. The minimum absolute atomic E-state index is 0.0558. The number of aromatic nitrogens is 1. The van der Waals surface area contributed by atoms with Gasteiger partial charge in [-0.3, -0.25) is 19.3 Å². The van der Waals surface area contributed by atoms with Crippen LogP contribution in [0.3, 0.4) is 0 Å². The van der Waals surface area contributed by atoms with Gasteiger partial charge < -0.3 is 10.1 Å². The van der Waals surface area contributed by atoms with Crippen molar-refractivity contribution < 1.29 is 19.1 Å². The lowest BCUT2D eigenvalue weighted by Gasteiger charge is -2.16. The molecule has 0 fully saturated rings. The quantitative estimate of drug-likeness (QED) is 0.680. The Morgan fingerprint density at radius 2 is 1.69 bits per heavy atom. The molecule has 2 heterocycles. The Morgan fingerprint density at radius 3 is 2.31 bits per heavy atom. The first-order valence-electron chi connectivity index (χ1n) is 8.93. The Bertz CT molecular complexity index is 1080. The molecule has 0 atom stereocenters. The van der Waals surface area contributed by atoms with Crippen molar-refractivity contribution in [3.63, 3.8) is 0 Å². The summed E-state index contributed by atoms with van der Waals surface area (Å²) in [6, 6.07) is 16.9. The molecule has 1 aliphatic rings. The van der Waals surface area contributed by atoms with Gasteiger partial charge in [-0.15, -0.1) is 0 Å². The lowest BCUT2D eigenvalue weighted by Crippen LogP contribution is -2.29. The number of benzene rings is 2. The number of hydrogen-bond donors (Lipinski definition) is 1. The van der Waals surface area contributed by atoms with E-state index in [4.69, 9.17) is 4.74 Å². The third kappa shape index (κ3) is 3.45. The van der Waals surface area contributed by atoms with Crippen molar-refractivity contribution in [3.8, 4) is 5.75 Å². The van der Waals surface area contributed by atoms with E-state index in [9.17, 15) is 14.4 Å². The first-order valence-corrected chi connectivity index (χ1v) is 8.93. The predicted molar refractivity (Wildman–Crippen MR) is 106 cm³/mol. The minimum atomic E-state index is -0.398. The van der Waals surface area contributed by atoms with Gasteiger partial charge >= 0.3 is 0 Å². The highest BCUT2D eigenvalue weighted by Gasteiger charge is 2.35. The second kappa shape index (κ2) is 7.55. The summed E-state index contributed by atoms with van der Waals surface area (Å²) in [5.74, 6) is -0.304. The highest BCUT2D eigenvalue weighted by Crippen LogP contribution is 2.26. The lowest BCUT2D eigenvalue weighted by molar-refractivity contribution is 0.0642. The number of fused-ring (bicyclic) bond motifs is 1. The molecule has 7 heteroatoms. The molecule has 4 rings (SSSR count). The van der Waals surface area contributed by atoms with Gasteiger partial charge in [0.05, 0.1) is 30.3 Å². The number of carbonyl (C=O) groups is 3. The van der Waals surface area contributed by atoms with Crippen LogP contribution in [-0.2, 0) is 6.54 Å². The highest BCUT2D eigenvalue weighted by atomic mass is 16.5. The van der Waals surface area contributed by atoms with E-state index >= 15 is 0 Å². The zero-order valence-corrected chi connectivity index (χ0v) is 15.6. The van der Waals surface area contributed by atoms with Gasteiger partial charge in [-0.1, -0.05) is 24.3 Å². The number of nitrogens with one attached hydrogen (secondary N) is 1. The molecule has 1 aromatic heterocycles. The molecule has 1 aliphatic heterocycles. The monoisotopic (exact) mass is 387 g/mol. The number of carbonyl (C=O) groups excluding carboxylic acids is 3. The summed E-state index contributed by atoms with van der Waals surface area (Å²) in [5.41, 5.74) is 1.69. The smallest absolute Gasteiger partial charge is 0.261 e. The van der Waals surface area contributed by atoms with Gasteiger partial charge in [-0.25, -0.2) is 4.98 Å². The van der Waals surface area contributed by atoms with Crippen LogP contribution in [-0.4, -0.2) is 34.7 Å². The van der Waals surface area contributed by atoms with Crippen LogP contribution in [0.5, 0.6) is 5.75 Å². The summed E-state index contributed by atoms with van der Waals surface area (Å²) in [4.78, 5) is 43.1. The minimum Gasteiger partial charge on any atom is -0.496 e. The molecule has 29 heavy (non-hydrogen) atoms. The molecule has 3 amide bonds. The number of anilines is 1. The van der Waals surface area contributed by atoms with E-state index in [-0.39, 0.29) is 23.9 Å². The SMILES string of the molecule is COc1ccc(CN2C(=O)c3ccccc3C2=O)cc1C(=O)Nc1ccccn1. The summed E-state index contributed by atoms with van der Waals surface area (Å²) in [6.07, 6.45) is 1.57. The average Bonchev–Trinajstić information content (AvgIpc) is 2.99. The number of pyridine rings is 1. The molecule has 0 aliphatic carbocycles. The topological polar surface area (TPSA) is 88.6 Å². The summed E-state index contributed by atoms with van der Waals surface area (Å²) >= 11 is 0. The van der Waals surface area contributed by atoms with Crippen molar-refractivity contribution in [1.29, 1.82) is 0 Å². The van der Waals surface area contributed by atoms with Crippen LogP contribution in [0.25, 0.3) is 0 Å². The standard InChI is InChI=1S/C22H17N3O4/c1-29-18-10-9-14(12-17(18)20(26)24-19-8-4-5-11-23-19)13-25-21(27)15-6-2-3-7-16(15)22(25)28/h2-12H,13H2,1H3,(H,23,24,26). The van der Waals surface area contributed by atoms with Gasteiger partial charge in [-0.05, 0) is 42.0 Å². The molecule has 0 saturated carbocycles. The van der Waals surface area contributed by atoms with Crippen LogP contribution >= 0.6 is 0 Å². The van der Waals surface area contributed by atoms with Crippen molar-refractivity contribution >= 4 is 23.5 Å². The number of hydrogen-bond acceptors (Lipinski definition) is 5. The summed E-state index contributed by atoms with van der Waals surface area (Å²) in [6.45, 7) is 0.0558. The molecule has 0 radical (unpaired) electrons. The second-order valence-corrected chi connectivity index (χ2v) is 6.45. The second-order valence-electron chi connectivity index (χ2n) is 6.45. The first-order chi connectivity index (χ1) is 14.1. The van der Waals surface area contributed by atoms with Crippen molar-refractivity contribution in [3.05, 3.63) is 89.1 Å². The summed E-state index contributed by atoms with van der Waals surface area (Å²) in [5, 5.41) is 2.71. The van der Waals surface area contributed by atoms with Gasteiger partial charge in [0.1, 0.15) is 11.6 Å². The van der Waals surface area contributed by atoms with E-state index < -0.39 is 5.91 Å². The fourth-order valence-electron chi connectivity index (χ4n) is 3.22. The molecule has 1 N–H and O–H groups in total. The third-order valence-corrected chi connectivity index (χ3v) is 4.63. The van der Waals surface area contributed by atoms with Gasteiger partial charge in [0.25, 0.3) is 17.7 Å². The Balaban J connectivity index is 1.60. The van der Waals surface area contributed by atoms with E-state index in [0.717, 1.165) is 0 Å². The fourth-order valence-corrected chi connectivity index (χ4v) is 3.22. The molecular formula is C22H17N3O4. The van der Waals surface area contributed by atoms with Crippen molar-refractivity contribution in [2.75, 3.05) is 12.4 Å². The van der Waals surface area contributed by atoms with Gasteiger partial charge in [0.2, 0.25) is 0 Å². The lowest BCUT2D eigenvalue weighted by atomic mass is 10.1. The first kappa shape index (κ1) is 18.4. The summed E-state index contributed by atoms with van der Waals surface area (Å²) < 4.78 is 5.29. The Morgan fingerprint density at radius 1 is 1.00 bits per heavy atom. The maximum absolute atomic E-state index is 12.7. The Hall–Kier alpha value is -4.00. The summed E-state index contributed by atoms with van der Waals surface area (Å²) in [7, 11) is 1.47. The number of methoxy groups -OCH3 is 1. The van der Waals surface area contributed by atoms with Crippen LogP contribution in [0, 0.1) is 0 Å². The molecule has 2 aromatic carbocycles. The van der Waals surface area contributed by atoms with Crippen LogP contribution in [0.15, 0.2) is 66.9 Å². The van der Waals surface area contributed by atoms with Crippen molar-refractivity contribution in [2.45, 2.75) is 6.54 Å². The maximum atomic E-state index is 12.7.